The quantitative estimate of drug-likeness (QED) is 0.812. The van der Waals surface area contributed by atoms with Gasteiger partial charge in [-0.05, 0) is 34.1 Å². The summed E-state index contributed by atoms with van der Waals surface area (Å²) >= 11 is 3.02. The second-order valence-electron chi connectivity index (χ2n) is 4.33. The normalized spacial score (nSPS) is 10.4. The van der Waals surface area contributed by atoms with Crippen LogP contribution in [0.1, 0.15) is 24.2 Å². The highest BCUT2D eigenvalue weighted by atomic mass is 79.9. The van der Waals surface area contributed by atoms with Gasteiger partial charge < -0.3 is 10.6 Å². The van der Waals surface area contributed by atoms with Crippen molar-refractivity contribution in [1.82, 2.24) is 10.6 Å². The van der Waals surface area contributed by atoms with Crippen LogP contribution in [0.5, 0.6) is 0 Å². The summed E-state index contributed by atoms with van der Waals surface area (Å²) < 4.78 is 13.3. The van der Waals surface area contributed by atoms with Crippen molar-refractivity contribution in [3.05, 3.63) is 34.1 Å². The summed E-state index contributed by atoms with van der Waals surface area (Å²) in [7, 11) is 0. The molecular weight excluding hydrogens is 315 g/mol. The Morgan fingerprint density at radius 2 is 1.89 bits per heavy atom. The first kappa shape index (κ1) is 15.6. The molecule has 0 radical (unpaired) electrons. The Morgan fingerprint density at radius 3 is 2.47 bits per heavy atom. The number of carbonyl (C=O) groups excluding carboxylic acids is 2. The zero-order valence-electron chi connectivity index (χ0n) is 10.8. The molecule has 6 heteroatoms. The van der Waals surface area contributed by atoms with E-state index in [9.17, 15) is 14.0 Å². The van der Waals surface area contributed by atoms with E-state index in [1.165, 1.54) is 18.2 Å². The molecule has 0 fully saturated rings. The lowest BCUT2D eigenvalue weighted by atomic mass is 10.2. The lowest BCUT2D eigenvalue weighted by Crippen LogP contribution is -2.36. The number of benzene rings is 1. The van der Waals surface area contributed by atoms with E-state index >= 15 is 0 Å². The summed E-state index contributed by atoms with van der Waals surface area (Å²) in [5.41, 5.74) is 0.364. The molecule has 4 nitrogen and oxygen atoms in total. The molecule has 1 aromatic rings. The molecule has 104 valence electrons. The van der Waals surface area contributed by atoms with E-state index in [-0.39, 0.29) is 22.2 Å². The summed E-state index contributed by atoms with van der Waals surface area (Å²) in [6.07, 6.45) is 0. The van der Waals surface area contributed by atoms with Gasteiger partial charge in [0.2, 0.25) is 5.91 Å². The summed E-state index contributed by atoms with van der Waals surface area (Å²) in [5, 5.41) is 5.33. The van der Waals surface area contributed by atoms with Gasteiger partial charge in [-0.1, -0.05) is 13.8 Å². The molecule has 0 aliphatic carbocycles. The smallest absolute Gasteiger partial charge is 0.251 e. The summed E-state index contributed by atoms with van der Waals surface area (Å²) in [6.45, 7) is 4.28. The molecule has 2 amide bonds. The van der Waals surface area contributed by atoms with Gasteiger partial charge in [-0.3, -0.25) is 9.59 Å². The molecule has 0 unspecified atom stereocenters. The predicted octanol–water partition coefficient (Wildman–Crippen LogP) is 2.09. The van der Waals surface area contributed by atoms with Gasteiger partial charge in [-0.15, -0.1) is 0 Å². The molecule has 1 aromatic carbocycles. The van der Waals surface area contributed by atoms with Crippen LogP contribution >= 0.6 is 15.9 Å². The molecule has 0 saturated heterocycles. The molecule has 0 aliphatic heterocycles. The van der Waals surface area contributed by atoms with Crippen molar-refractivity contribution in [1.29, 1.82) is 0 Å². The fraction of sp³-hybridized carbons (Fsp3) is 0.385. The van der Waals surface area contributed by atoms with E-state index in [1.54, 1.807) is 13.8 Å². The van der Waals surface area contributed by atoms with Crippen molar-refractivity contribution in [2.45, 2.75) is 13.8 Å². The minimum Gasteiger partial charge on any atom is -0.354 e. The van der Waals surface area contributed by atoms with Gasteiger partial charge in [-0.25, -0.2) is 4.39 Å². The number of halogens is 2. The number of hydrogen-bond donors (Lipinski definition) is 2. The Hall–Kier alpha value is -1.43. The molecule has 0 bridgehead atoms. The first-order chi connectivity index (χ1) is 8.91. The Labute approximate surface area is 119 Å². The van der Waals surface area contributed by atoms with Crippen LogP contribution < -0.4 is 10.6 Å². The Morgan fingerprint density at radius 1 is 1.26 bits per heavy atom. The van der Waals surface area contributed by atoms with Gasteiger partial charge in [0.1, 0.15) is 5.82 Å². The third kappa shape index (κ3) is 4.98. The van der Waals surface area contributed by atoms with Gasteiger partial charge in [-0.2, -0.15) is 0 Å². The van der Waals surface area contributed by atoms with Crippen LogP contribution in [0.15, 0.2) is 22.7 Å². The second kappa shape index (κ2) is 7.23. The van der Waals surface area contributed by atoms with Crippen molar-refractivity contribution in [2.24, 2.45) is 5.92 Å². The molecule has 0 aliphatic rings. The Kier molecular flexibility index (Phi) is 5.95. The van der Waals surface area contributed by atoms with Gasteiger partial charge in [0.15, 0.2) is 0 Å². The molecule has 2 N–H and O–H groups in total. The molecule has 1 rings (SSSR count). The zero-order valence-corrected chi connectivity index (χ0v) is 12.4. The molecule has 0 aromatic heterocycles. The van der Waals surface area contributed by atoms with Crippen LogP contribution in [-0.4, -0.2) is 24.9 Å². The highest BCUT2D eigenvalue weighted by Gasteiger charge is 2.09. The van der Waals surface area contributed by atoms with Crippen LogP contribution in [0, 0.1) is 11.7 Å². The number of nitrogens with one attached hydrogen (secondary N) is 2. The third-order valence-corrected chi connectivity index (χ3v) is 3.02. The zero-order chi connectivity index (χ0) is 14.4. The average molecular weight is 331 g/mol. The van der Waals surface area contributed by atoms with Gasteiger partial charge in [0.05, 0.1) is 4.47 Å². The fourth-order valence-corrected chi connectivity index (χ4v) is 1.68. The van der Waals surface area contributed by atoms with Crippen molar-refractivity contribution in [3.8, 4) is 0 Å². The standard InChI is InChI=1S/C13H16BrFN2O2/c1-8(2)12(18)16-5-6-17-13(19)9-3-4-11(15)10(14)7-9/h3-4,7-8H,5-6H2,1-2H3,(H,16,18)(H,17,19). The van der Waals surface area contributed by atoms with Crippen LogP contribution in [0.3, 0.4) is 0 Å². The summed E-state index contributed by atoms with van der Waals surface area (Å²) in [4.78, 5) is 23.0. The van der Waals surface area contributed by atoms with Crippen molar-refractivity contribution < 1.29 is 14.0 Å². The minimum atomic E-state index is -0.416. The van der Waals surface area contributed by atoms with Crippen LogP contribution in [0.4, 0.5) is 4.39 Å². The van der Waals surface area contributed by atoms with Gasteiger partial charge in [0, 0.05) is 24.6 Å². The van der Waals surface area contributed by atoms with Gasteiger partial charge in [0.25, 0.3) is 5.91 Å². The molecule has 19 heavy (non-hydrogen) atoms. The molecule has 0 atom stereocenters. The molecule has 0 heterocycles. The summed E-state index contributed by atoms with van der Waals surface area (Å²) in [5.74, 6) is -0.859. The maximum Gasteiger partial charge on any atom is 0.251 e. The molecular formula is C13H16BrFN2O2. The SMILES string of the molecule is CC(C)C(=O)NCCNC(=O)c1ccc(F)c(Br)c1. The maximum absolute atomic E-state index is 13.0. The van der Waals surface area contributed by atoms with E-state index in [0.717, 1.165) is 0 Å². The van der Waals surface area contributed by atoms with E-state index < -0.39 is 5.82 Å². The third-order valence-electron chi connectivity index (χ3n) is 2.42. The number of rotatable bonds is 5. The maximum atomic E-state index is 13.0. The first-order valence-electron chi connectivity index (χ1n) is 5.92. The fourth-order valence-electron chi connectivity index (χ4n) is 1.31. The van der Waals surface area contributed by atoms with Crippen molar-refractivity contribution >= 4 is 27.7 Å². The first-order valence-corrected chi connectivity index (χ1v) is 6.72. The highest BCUT2D eigenvalue weighted by Crippen LogP contribution is 2.16. The lowest BCUT2D eigenvalue weighted by Gasteiger charge is -2.09. The number of amides is 2. The Bertz CT molecular complexity index is 478. The topological polar surface area (TPSA) is 58.2 Å². The van der Waals surface area contributed by atoms with E-state index in [1.807, 2.05) is 0 Å². The van der Waals surface area contributed by atoms with E-state index in [4.69, 9.17) is 0 Å². The van der Waals surface area contributed by atoms with E-state index in [0.29, 0.717) is 18.7 Å². The van der Waals surface area contributed by atoms with Crippen molar-refractivity contribution in [2.75, 3.05) is 13.1 Å². The van der Waals surface area contributed by atoms with Crippen LogP contribution in [0.25, 0.3) is 0 Å². The van der Waals surface area contributed by atoms with Crippen LogP contribution in [-0.2, 0) is 4.79 Å². The monoisotopic (exact) mass is 330 g/mol. The van der Waals surface area contributed by atoms with Crippen LogP contribution in [0.2, 0.25) is 0 Å². The summed E-state index contributed by atoms with van der Waals surface area (Å²) in [6, 6.07) is 4.04. The second-order valence-corrected chi connectivity index (χ2v) is 5.18. The Balaban J connectivity index is 2.39. The molecule has 0 saturated carbocycles. The number of carbonyl (C=O) groups is 2. The minimum absolute atomic E-state index is 0.0567. The largest absolute Gasteiger partial charge is 0.354 e. The number of hydrogen-bond acceptors (Lipinski definition) is 2. The highest BCUT2D eigenvalue weighted by molar-refractivity contribution is 9.10. The van der Waals surface area contributed by atoms with Gasteiger partial charge >= 0.3 is 0 Å². The van der Waals surface area contributed by atoms with Crippen molar-refractivity contribution in [3.63, 3.8) is 0 Å². The lowest BCUT2D eigenvalue weighted by molar-refractivity contribution is -0.123. The average Bonchev–Trinajstić information content (AvgIpc) is 2.37. The predicted molar refractivity (Wildman–Crippen MR) is 74.3 cm³/mol. The van der Waals surface area contributed by atoms with E-state index in [2.05, 4.69) is 26.6 Å². The molecule has 0 spiro atoms.